The minimum Gasteiger partial charge on any atom is -0.380 e. The Labute approximate surface area is 111 Å². The molecule has 2 rings (SSSR count). The van der Waals surface area contributed by atoms with E-state index < -0.39 is 0 Å². The summed E-state index contributed by atoms with van der Waals surface area (Å²) in [7, 11) is 1.74. The lowest BCUT2D eigenvalue weighted by atomic mass is 9.83. The summed E-state index contributed by atoms with van der Waals surface area (Å²) in [6.07, 6.45) is 6.76. The van der Waals surface area contributed by atoms with Crippen molar-refractivity contribution in [2.24, 2.45) is 0 Å². The highest BCUT2D eigenvalue weighted by Gasteiger charge is 2.25. The lowest BCUT2D eigenvalue weighted by Gasteiger charge is -2.35. The Hall–Kier alpha value is -0.860. The van der Waals surface area contributed by atoms with Crippen molar-refractivity contribution in [2.45, 2.75) is 57.7 Å². The number of hydrogen-bond donors (Lipinski definition) is 1. The summed E-state index contributed by atoms with van der Waals surface area (Å²) in [5, 5.41) is 3.74. The van der Waals surface area contributed by atoms with Gasteiger partial charge in [0.25, 0.3) is 0 Å². The highest BCUT2D eigenvalue weighted by molar-refractivity contribution is 5.23. The summed E-state index contributed by atoms with van der Waals surface area (Å²) in [6.45, 7) is 4.03. The van der Waals surface area contributed by atoms with Crippen LogP contribution in [0.25, 0.3) is 0 Å². The molecule has 1 saturated carbocycles. The van der Waals surface area contributed by atoms with Crippen molar-refractivity contribution in [1.82, 2.24) is 5.32 Å². The van der Waals surface area contributed by atoms with Gasteiger partial charge in [-0.15, -0.1) is 0 Å². The summed E-state index contributed by atoms with van der Waals surface area (Å²) >= 11 is 0. The number of rotatable bonds is 5. The number of hydrogen-bond acceptors (Lipinski definition) is 2. The molecule has 0 aromatic heterocycles. The Bertz CT molecular complexity index is 369. The fourth-order valence-electron chi connectivity index (χ4n) is 2.82. The van der Waals surface area contributed by atoms with Gasteiger partial charge < -0.3 is 10.1 Å². The maximum atomic E-state index is 5.18. The van der Waals surface area contributed by atoms with Crippen LogP contribution in [0.3, 0.4) is 0 Å². The van der Waals surface area contributed by atoms with Crippen LogP contribution >= 0.6 is 0 Å². The highest BCUT2D eigenvalue weighted by atomic mass is 16.5. The van der Waals surface area contributed by atoms with E-state index in [4.69, 9.17) is 4.74 Å². The molecule has 1 N–H and O–H groups in total. The number of benzene rings is 1. The fraction of sp³-hybridized carbons (Fsp3) is 0.625. The van der Waals surface area contributed by atoms with E-state index in [1.54, 1.807) is 7.11 Å². The van der Waals surface area contributed by atoms with E-state index in [-0.39, 0.29) is 0 Å². The molecule has 100 valence electrons. The van der Waals surface area contributed by atoms with Crippen molar-refractivity contribution in [3.05, 3.63) is 35.4 Å². The first kappa shape index (κ1) is 13.6. The zero-order valence-corrected chi connectivity index (χ0v) is 11.7. The van der Waals surface area contributed by atoms with Crippen molar-refractivity contribution < 1.29 is 4.74 Å². The van der Waals surface area contributed by atoms with Gasteiger partial charge in [0.1, 0.15) is 0 Å². The third-order valence-corrected chi connectivity index (χ3v) is 3.98. The third-order valence-electron chi connectivity index (χ3n) is 3.98. The van der Waals surface area contributed by atoms with Gasteiger partial charge in [0.2, 0.25) is 0 Å². The van der Waals surface area contributed by atoms with E-state index in [1.807, 2.05) is 0 Å². The topological polar surface area (TPSA) is 21.3 Å². The molecular weight excluding hydrogens is 222 g/mol. The summed E-state index contributed by atoms with van der Waals surface area (Å²) < 4.78 is 5.18. The van der Waals surface area contributed by atoms with Gasteiger partial charge in [0.05, 0.1) is 6.61 Å². The molecule has 0 amide bonds. The molecule has 1 aromatic carbocycles. The van der Waals surface area contributed by atoms with Gasteiger partial charge in [-0.05, 0) is 30.9 Å². The highest BCUT2D eigenvalue weighted by Crippen LogP contribution is 2.27. The van der Waals surface area contributed by atoms with Crippen LogP contribution in [0.1, 0.15) is 50.2 Å². The normalized spacial score (nSPS) is 18.8. The van der Waals surface area contributed by atoms with Gasteiger partial charge >= 0.3 is 0 Å². The molecule has 0 spiro atoms. The van der Waals surface area contributed by atoms with Crippen molar-refractivity contribution in [1.29, 1.82) is 0 Å². The van der Waals surface area contributed by atoms with Crippen molar-refractivity contribution in [3.63, 3.8) is 0 Å². The van der Waals surface area contributed by atoms with Crippen LogP contribution in [0.5, 0.6) is 0 Å². The van der Waals surface area contributed by atoms with Crippen molar-refractivity contribution >= 4 is 0 Å². The Morgan fingerprint density at radius 1 is 1.17 bits per heavy atom. The third kappa shape index (κ3) is 3.82. The zero-order chi connectivity index (χ0) is 12.8. The largest absolute Gasteiger partial charge is 0.380 e. The number of methoxy groups -OCH3 is 1. The molecule has 0 radical (unpaired) electrons. The van der Waals surface area contributed by atoms with Gasteiger partial charge in [-0.25, -0.2) is 0 Å². The van der Waals surface area contributed by atoms with Crippen molar-refractivity contribution in [2.75, 3.05) is 7.11 Å². The molecular formula is C16H25NO. The van der Waals surface area contributed by atoms with Gasteiger partial charge in [-0.3, -0.25) is 0 Å². The standard InChI is InChI=1S/C16H25NO/c1-16(9-4-3-5-10-16)17-12-14-7-6-8-15(11-14)13-18-2/h6-8,11,17H,3-5,9-10,12-13H2,1-2H3. The lowest BCUT2D eigenvalue weighted by molar-refractivity contribution is 0.185. The second-order valence-corrected chi connectivity index (χ2v) is 5.73. The van der Waals surface area contributed by atoms with E-state index in [2.05, 4.69) is 36.5 Å². The van der Waals surface area contributed by atoms with Gasteiger partial charge in [-0.2, -0.15) is 0 Å². The predicted molar refractivity (Wildman–Crippen MR) is 75.5 cm³/mol. The van der Waals surface area contributed by atoms with Crippen LogP contribution in [0.15, 0.2) is 24.3 Å². The van der Waals surface area contributed by atoms with Gasteiger partial charge in [0.15, 0.2) is 0 Å². The maximum Gasteiger partial charge on any atom is 0.0713 e. The van der Waals surface area contributed by atoms with E-state index in [0.29, 0.717) is 12.1 Å². The molecule has 0 saturated heterocycles. The van der Waals surface area contributed by atoms with Gasteiger partial charge in [-0.1, -0.05) is 43.5 Å². The Balaban J connectivity index is 1.90. The second-order valence-electron chi connectivity index (χ2n) is 5.73. The summed E-state index contributed by atoms with van der Waals surface area (Å²) in [5.41, 5.74) is 2.96. The number of nitrogens with one attached hydrogen (secondary N) is 1. The monoisotopic (exact) mass is 247 g/mol. The molecule has 1 aromatic rings. The first-order valence-corrected chi connectivity index (χ1v) is 7.04. The van der Waals surface area contributed by atoms with Crippen LogP contribution in [0.4, 0.5) is 0 Å². The fourth-order valence-corrected chi connectivity index (χ4v) is 2.82. The maximum absolute atomic E-state index is 5.18. The van der Waals surface area contributed by atoms with E-state index in [0.717, 1.165) is 6.54 Å². The Morgan fingerprint density at radius 2 is 1.89 bits per heavy atom. The molecule has 0 aliphatic heterocycles. The van der Waals surface area contributed by atoms with Crippen LogP contribution in [0, 0.1) is 0 Å². The molecule has 0 bridgehead atoms. The second kappa shape index (κ2) is 6.35. The summed E-state index contributed by atoms with van der Waals surface area (Å²) in [6, 6.07) is 8.67. The van der Waals surface area contributed by atoms with E-state index >= 15 is 0 Å². The molecule has 0 heterocycles. The van der Waals surface area contributed by atoms with Crippen LogP contribution < -0.4 is 5.32 Å². The molecule has 1 aliphatic rings. The predicted octanol–water partition coefficient (Wildman–Crippen LogP) is 3.65. The molecule has 2 heteroatoms. The summed E-state index contributed by atoms with van der Waals surface area (Å²) in [5.74, 6) is 0. The first-order chi connectivity index (χ1) is 8.72. The average molecular weight is 247 g/mol. The molecule has 1 aliphatic carbocycles. The quantitative estimate of drug-likeness (QED) is 0.857. The molecule has 2 nitrogen and oxygen atoms in total. The lowest BCUT2D eigenvalue weighted by Crippen LogP contribution is -2.43. The van der Waals surface area contributed by atoms with Crippen LogP contribution in [0.2, 0.25) is 0 Å². The minimum absolute atomic E-state index is 0.343. The number of ether oxygens (including phenoxy) is 1. The SMILES string of the molecule is COCc1cccc(CNC2(C)CCCCC2)c1. The minimum atomic E-state index is 0.343. The molecule has 18 heavy (non-hydrogen) atoms. The Kier molecular flexibility index (Phi) is 4.79. The summed E-state index contributed by atoms with van der Waals surface area (Å²) in [4.78, 5) is 0. The van der Waals surface area contributed by atoms with Crippen LogP contribution in [-0.2, 0) is 17.9 Å². The average Bonchev–Trinajstić information content (AvgIpc) is 2.38. The molecule has 0 atom stereocenters. The zero-order valence-electron chi connectivity index (χ0n) is 11.7. The van der Waals surface area contributed by atoms with E-state index in [9.17, 15) is 0 Å². The van der Waals surface area contributed by atoms with Crippen LogP contribution in [-0.4, -0.2) is 12.6 Å². The van der Waals surface area contributed by atoms with Crippen molar-refractivity contribution in [3.8, 4) is 0 Å². The molecule has 1 fully saturated rings. The molecule has 0 unspecified atom stereocenters. The smallest absolute Gasteiger partial charge is 0.0713 e. The Morgan fingerprint density at radius 3 is 2.61 bits per heavy atom. The van der Waals surface area contributed by atoms with E-state index in [1.165, 1.54) is 43.2 Å². The first-order valence-electron chi connectivity index (χ1n) is 7.04. The van der Waals surface area contributed by atoms with Gasteiger partial charge in [0, 0.05) is 19.2 Å².